The zero-order valence-electron chi connectivity index (χ0n) is 13.0. The van der Waals surface area contributed by atoms with Crippen molar-refractivity contribution >= 4 is 23.2 Å². The molecule has 0 spiro atoms. The van der Waals surface area contributed by atoms with Gasteiger partial charge < -0.3 is 10.2 Å². The molecule has 0 aromatic heterocycles. The highest BCUT2D eigenvalue weighted by Gasteiger charge is 2.16. The fourth-order valence-electron chi connectivity index (χ4n) is 2.91. The molecule has 0 saturated heterocycles. The molecule has 0 bridgehead atoms. The summed E-state index contributed by atoms with van der Waals surface area (Å²) in [6.07, 6.45) is 7.93. The van der Waals surface area contributed by atoms with Gasteiger partial charge in [0.25, 0.3) is 5.91 Å². The number of halogens is 1. The van der Waals surface area contributed by atoms with Gasteiger partial charge in [-0.3, -0.25) is 4.79 Å². The summed E-state index contributed by atoms with van der Waals surface area (Å²) in [5.41, 5.74) is 1.54. The zero-order chi connectivity index (χ0) is 15.2. The van der Waals surface area contributed by atoms with E-state index < -0.39 is 0 Å². The lowest BCUT2D eigenvalue weighted by atomic mass is 10.00. The van der Waals surface area contributed by atoms with Crippen LogP contribution in [0.5, 0.6) is 0 Å². The molecule has 1 N–H and O–H groups in total. The van der Waals surface area contributed by atoms with E-state index in [1.54, 1.807) is 31.1 Å². The van der Waals surface area contributed by atoms with E-state index in [2.05, 4.69) is 5.32 Å². The second-order valence-corrected chi connectivity index (χ2v) is 6.56. The molecule has 2 rings (SSSR count). The summed E-state index contributed by atoms with van der Waals surface area (Å²) in [6, 6.07) is 5.43. The van der Waals surface area contributed by atoms with Crippen LogP contribution in [0.2, 0.25) is 5.02 Å². The van der Waals surface area contributed by atoms with Crippen molar-refractivity contribution < 1.29 is 4.79 Å². The van der Waals surface area contributed by atoms with E-state index in [1.165, 1.54) is 38.5 Å². The highest BCUT2D eigenvalue weighted by molar-refractivity contribution is 6.31. The lowest BCUT2D eigenvalue weighted by Gasteiger charge is -2.19. The van der Waals surface area contributed by atoms with Crippen LogP contribution >= 0.6 is 11.6 Å². The van der Waals surface area contributed by atoms with E-state index in [-0.39, 0.29) is 5.91 Å². The van der Waals surface area contributed by atoms with Gasteiger partial charge in [0.2, 0.25) is 0 Å². The fourth-order valence-corrected chi connectivity index (χ4v) is 3.08. The monoisotopic (exact) mass is 308 g/mol. The van der Waals surface area contributed by atoms with Crippen LogP contribution in [0.1, 0.15) is 48.9 Å². The van der Waals surface area contributed by atoms with Gasteiger partial charge in [-0.25, -0.2) is 0 Å². The Kier molecular flexibility index (Phi) is 5.92. The highest BCUT2D eigenvalue weighted by Crippen LogP contribution is 2.26. The molecule has 0 atom stereocenters. The lowest BCUT2D eigenvalue weighted by Crippen LogP contribution is -2.24. The van der Waals surface area contributed by atoms with Crippen molar-refractivity contribution in [2.75, 3.05) is 26.0 Å². The van der Waals surface area contributed by atoms with E-state index in [0.717, 1.165) is 12.2 Å². The Morgan fingerprint density at radius 1 is 1.24 bits per heavy atom. The smallest absolute Gasteiger partial charge is 0.255 e. The Bertz CT molecular complexity index is 480. The van der Waals surface area contributed by atoms with Crippen LogP contribution in [0.4, 0.5) is 5.69 Å². The molecule has 4 heteroatoms. The van der Waals surface area contributed by atoms with Crippen molar-refractivity contribution in [1.29, 1.82) is 0 Å². The Balaban J connectivity index is 2.07. The molecule has 0 radical (unpaired) electrons. The zero-order valence-corrected chi connectivity index (χ0v) is 13.7. The van der Waals surface area contributed by atoms with Crippen LogP contribution in [0.15, 0.2) is 18.2 Å². The minimum atomic E-state index is 0.00929. The number of hydrogen-bond donors (Lipinski definition) is 1. The molecule has 1 aromatic carbocycles. The summed E-state index contributed by atoms with van der Waals surface area (Å²) in [5, 5.41) is 4.12. The summed E-state index contributed by atoms with van der Waals surface area (Å²) in [6.45, 7) is 0.925. The van der Waals surface area contributed by atoms with Crippen LogP contribution in [-0.2, 0) is 0 Å². The fraction of sp³-hybridized carbons (Fsp3) is 0.588. The SMILES string of the molecule is CN(C)C(=O)c1ccc(Cl)cc1NCC1CCCCCC1. The van der Waals surface area contributed by atoms with Crippen molar-refractivity contribution in [1.82, 2.24) is 4.90 Å². The second kappa shape index (κ2) is 7.69. The van der Waals surface area contributed by atoms with Crippen molar-refractivity contribution in [3.05, 3.63) is 28.8 Å². The van der Waals surface area contributed by atoms with E-state index in [9.17, 15) is 4.79 Å². The number of amides is 1. The van der Waals surface area contributed by atoms with Gasteiger partial charge in [-0.1, -0.05) is 37.3 Å². The van der Waals surface area contributed by atoms with Gasteiger partial charge in [0.1, 0.15) is 0 Å². The Morgan fingerprint density at radius 2 is 1.90 bits per heavy atom. The van der Waals surface area contributed by atoms with Crippen molar-refractivity contribution in [3.8, 4) is 0 Å². The van der Waals surface area contributed by atoms with E-state index in [1.807, 2.05) is 6.07 Å². The minimum absolute atomic E-state index is 0.00929. The summed E-state index contributed by atoms with van der Waals surface area (Å²) in [7, 11) is 3.54. The molecule has 0 aliphatic heterocycles. The number of carbonyl (C=O) groups excluding carboxylic acids is 1. The number of nitrogens with one attached hydrogen (secondary N) is 1. The minimum Gasteiger partial charge on any atom is -0.384 e. The van der Waals surface area contributed by atoms with Crippen molar-refractivity contribution in [3.63, 3.8) is 0 Å². The van der Waals surface area contributed by atoms with Gasteiger partial charge in [-0.15, -0.1) is 0 Å². The number of anilines is 1. The average Bonchev–Trinajstić information content (AvgIpc) is 2.73. The summed E-state index contributed by atoms with van der Waals surface area (Å²) >= 11 is 6.08. The lowest BCUT2D eigenvalue weighted by molar-refractivity contribution is 0.0828. The van der Waals surface area contributed by atoms with Gasteiger partial charge in [-0.05, 0) is 37.0 Å². The molecule has 1 amide bonds. The average molecular weight is 309 g/mol. The van der Waals surface area contributed by atoms with Crippen molar-refractivity contribution in [2.24, 2.45) is 5.92 Å². The van der Waals surface area contributed by atoms with Crippen LogP contribution in [-0.4, -0.2) is 31.4 Å². The standard InChI is InChI=1S/C17H25ClN2O/c1-20(2)17(21)15-10-9-14(18)11-16(15)19-12-13-7-5-3-4-6-8-13/h9-11,13,19H,3-8,12H2,1-2H3. The molecular formula is C17H25ClN2O. The van der Waals surface area contributed by atoms with Gasteiger partial charge in [0.05, 0.1) is 5.56 Å². The Morgan fingerprint density at radius 3 is 2.52 bits per heavy atom. The third kappa shape index (κ3) is 4.63. The Labute approximate surface area is 132 Å². The molecule has 1 saturated carbocycles. The summed E-state index contributed by atoms with van der Waals surface area (Å²) in [4.78, 5) is 13.8. The quantitative estimate of drug-likeness (QED) is 0.835. The molecule has 1 aliphatic rings. The number of nitrogens with zero attached hydrogens (tertiary/aromatic N) is 1. The maximum atomic E-state index is 12.2. The molecule has 1 fully saturated rings. The van der Waals surface area contributed by atoms with E-state index in [4.69, 9.17) is 11.6 Å². The van der Waals surface area contributed by atoms with Gasteiger partial charge in [-0.2, -0.15) is 0 Å². The largest absolute Gasteiger partial charge is 0.384 e. The molecule has 116 valence electrons. The molecule has 1 aliphatic carbocycles. The van der Waals surface area contributed by atoms with Crippen LogP contribution in [0, 0.1) is 5.92 Å². The number of carbonyl (C=O) groups is 1. The van der Waals surface area contributed by atoms with Crippen LogP contribution in [0.25, 0.3) is 0 Å². The van der Waals surface area contributed by atoms with Gasteiger partial charge in [0, 0.05) is 31.4 Å². The number of benzene rings is 1. The first kappa shape index (κ1) is 16.2. The predicted molar refractivity (Wildman–Crippen MR) is 89.2 cm³/mol. The van der Waals surface area contributed by atoms with Crippen LogP contribution < -0.4 is 5.32 Å². The first-order chi connectivity index (χ1) is 10.1. The molecule has 0 heterocycles. The van der Waals surface area contributed by atoms with Crippen LogP contribution in [0.3, 0.4) is 0 Å². The number of hydrogen-bond acceptors (Lipinski definition) is 2. The third-order valence-corrected chi connectivity index (χ3v) is 4.41. The number of rotatable bonds is 4. The van der Waals surface area contributed by atoms with Crippen molar-refractivity contribution in [2.45, 2.75) is 38.5 Å². The van der Waals surface area contributed by atoms with E-state index >= 15 is 0 Å². The molecular weight excluding hydrogens is 284 g/mol. The predicted octanol–water partition coefficient (Wildman–Crippen LogP) is 4.42. The Hall–Kier alpha value is -1.22. The normalized spacial score (nSPS) is 16.3. The maximum Gasteiger partial charge on any atom is 0.255 e. The maximum absolute atomic E-state index is 12.2. The third-order valence-electron chi connectivity index (χ3n) is 4.17. The first-order valence-electron chi connectivity index (χ1n) is 7.83. The molecule has 0 unspecified atom stereocenters. The topological polar surface area (TPSA) is 32.3 Å². The molecule has 21 heavy (non-hydrogen) atoms. The first-order valence-corrected chi connectivity index (χ1v) is 8.21. The van der Waals surface area contributed by atoms with Gasteiger partial charge >= 0.3 is 0 Å². The molecule has 3 nitrogen and oxygen atoms in total. The molecule has 1 aromatic rings. The second-order valence-electron chi connectivity index (χ2n) is 6.13. The van der Waals surface area contributed by atoms with E-state index in [0.29, 0.717) is 16.5 Å². The van der Waals surface area contributed by atoms with Gasteiger partial charge in [0.15, 0.2) is 0 Å². The summed E-state index contributed by atoms with van der Waals surface area (Å²) < 4.78 is 0. The summed E-state index contributed by atoms with van der Waals surface area (Å²) in [5.74, 6) is 0.712. The highest BCUT2D eigenvalue weighted by atomic mass is 35.5.